The van der Waals surface area contributed by atoms with Crippen molar-refractivity contribution in [2.24, 2.45) is 0 Å². The van der Waals surface area contributed by atoms with E-state index in [-0.39, 0.29) is 0 Å². The molecule has 2 heterocycles. The Hall–Kier alpha value is -11.3. The molecule has 2 nitrogen and oxygen atoms in total. The fourth-order valence-electron chi connectivity index (χ4n) is 14.3. The molecule has 18 rings (SSSR count). The Balaban J connectivity index is 0.893. The highest BCUT2D eigenvalue weighted by Crippen LogP contribution is 2.51. The summed E-state index contributed by atoms with van der Waals surface area (Å²) in [4.78, 5) is 0. The summed E-state index contributed by atoms with van der Waals surface area (Å²) in [5.74, 6) is 0. The fraction of sp³-hybridized carbons (Fsp3) is 0. The van der Waals surface area contributed by atoms with Crippen LogP contribution in [0.3, 0.4) is 0 Å². The number of fused-ring (bicyclic) bond motifs is 12. The maximum Gasteiger partial charge on any atom is 0.143 e. The van der Waals surface area contributed by atoms with Gasteiger partial charge < -0.3 is 8.83 Å². The Labute approximate surface area is 495 Å². The van der Waals surface area contributed by atoms with Crippen LogP contribution in [0, 0.1) is 0 Å². The Kier molecular flexibility index (Phi) is 10.7. The van der Waals surface area contributed by atoms with Gasteiger partial charge in [0.1, 0.15) is 22.3 Å². The van der Waals surface area contributed by atoms with Crippen molar-refractivity contribution in [3.8, 4) is 77.9 Å². The van der Waals surface area contributed by atoms with Crippen LogP contribution < -0.4 is 0 Å². The van der Waals surface area contributed by atoms with Crippen molar-refractivity contribution in [3.63, 3.8) is 0 Å². The Morgan fingerprint density at radius 2 is 0.581 bits per heavy atom. The quantitative estimate of drug-likeness (QED) is 0.149. The van der Waals surface area contributed by atoms with E-state index in [1.165, 1.54) is 104 Å². The molecule has 0 atom stereocenters. The normalized spacial score (nSPS) is 12.0. The summed E-state index contributed by atoms with van der Waals surface area (Å²) in [6.45, 7) is 0. The summed E-state index contributed by atoms with van der Waals surface area (Å²) in [6.07, 6.45) is 0. The summed E-state index contributed by atoms with van der Waals surface area (Å²) in [6, 6.07) is 111. The van der Waals surface area contributed by atoms with Crippen molar-refractivity contribution >= 4 is 109 Å². The third-order valence-electron chi connectivity index (χ3n) is 18.3. The lowest BCUT2D eigenvalue weighted by molar-refractivity contribution is 0.669. The summed E-state index contributed by atoms with van der Waals surface area (Å²) < 4.78 is 13.5. The minimum atomic E-state index is 0.879. The van der Waals surface area contributed by atoms with Gasteiger partial charge in [0.2, 0.25) is 0 Å². The fourth-order valence-corrected chi connectivity index (χ4v) is 14.3. The molecule has 0 aliphatic heterocycles. The number of benzene rings is 16. The van der Waals surface area contributed by atoms with Crippen LogP contribution in [0.4, 0.5) is 0 Å². The minimum absolute atomic E-state index is 0.879. The van der Waals surface area contributed by atoms with E-state index >= 15 is 0 Å². The second-order valence-electron chi connectivity index (χ2n) is 22.9. The second kappa shape index (κ2) is 19.1. The molecule has 398 valence electrons. The van der Waals surface area contributed by atoms with Crippen molar-refractivity contribution < 1.29 is 8.83 Å². The van der Waals surface area contributed by atoms with E-state index < -0.39 is 0 Å². The maximum absolute atomic E-state index is 6.93. The van der Waals surface area contributed by atoms with Gasteiger partial charge in [0, 0.05) is 32.7 Å². The highest BCUT2D eigenvalue weighted by Gasteiger charge is 2.24. The lowest BCUT2D eigenvalue weighted by Crippen LogP contribution is -1.93. The zero-order valence-electron chi connectivity index (χ0n) is 46.7. The molecule has 0 N–H and O–H groups in total. The van der Waals surface area contributed by atoms with Gasteiger partial charge in [0.05, 0.1) is 0 Å². The van der Waals surface area contributed by atoms with Crippen LogP contribution in [0.15, 0.2) is 312 Å². The molecule has 0 amide bonds. The zero-order valence-corrected chi connectivity index (χ0v) is 46.7. The monoisotopic (exact) mass is 1090 g/mol. The van der Waals surface area contributed by atoms with Crippen LogP contribution in [-0.4, -0.2) is 0 Å². The summed E-state index contributed by atoms with van der Waals surface area (Å²) in [5, 5.41) is 18.8. The van der Waals surface area contributed by atoms with Crippen LogP contribution >= 0.6 is 0 Å². The van der Waals surface area contributed by atoms with Crippen LogP contribution in [0.2, 0.25) is 0 Å². The number of rotatable bonds is 7. The molecule has 2 heteroatoms. The van der Waals surface area contributed by atoms with E-state index in [0.717, 1.165) is 82.6 Å². The lowest BCUT2D eigenvalue weighted by Gasteiger charge is -2.20. The molecule has 0 aliphatic rings. The van der Waals surface area contributed by atoms with Gasteiger partial charge in [-0.2, -0.15) is 0 Å². The first kappa shape index (κ1) is 48.2. The Morgan fingerprint density at radius 1 is 0.174 bits per heavy atom. The van der Waals surface area contributed by atoms with Crippen molar-refractivity contribution in [1.29, 1.82) is 0 Å². The van der Waals surface area contributed by atoms with Gasteiger partial charge in [-0.15, -0.1) is 0 Å². The molecule has 18 aromatic rings. The van der Waals surface area contributed by atoms with Crippen LogP contribution in [0.25, 0.3) is 186 Å². The van der Waals surface area contributed by atoms with Gasteiger partial charge in [-0.25, -0.2) is 0 Å². The number of hydrogen-bond donors (Lipinski definition) is 0. The largest absolute Gasteiger partial charge is 0.456 e. The average molecular weight is 1090 g/mol. The molecule has 16 aromatic carbocycles. The highest BCUT2D eigenvalue weighted by molar-refractivity contribution is 6.28. The first-order chi connectivity index (χ1) is 42.6. The van der Waals surface area contributed by atoms with E-state index in [2.05, 4.69) is 303 Å². The molecule has 0 saturated carbocycles. The second-order valence-corrected chi connectivity index (χ2v) is 22.9. The lowest BCUT2D eigenvalue weighted by atomic mass is 9.82. The zero-order chi connectivity index (χ0) is 56.4. The number of hydrogen-bond acceptors (Lipinski definition) is 2. The average Bonchev–Trinajstić information content (AvgIpc) is 1.27. The molecule has 0 unspecified atom stereocenters. The van der Waals surface area contributed by atoms with Crippen molar-refractivity contribution in [3.05, 3.63) is 303 Å². The molecule has 0 fully saturated rings. The van der Waals surface area contributed by atoms with Gasteiger partial charge in [-0.1, -0.05) is 267 Å². The number of para-hydroxylation sites is 3. The van der Waals surface area contributed by atoms with Crippen LogP contribution in [0.1, 0.15) is 0 Å². The molecular formula is C84H50O2. The Bertz CT molecular complexity index is 5810. The summed E-state index contributed by atoms with van der Waals surface area (Å²) in [5.41, 5.74) is 19.9. The molecule has 0 aliphatic carbocycles. The van der Waals surface area contributed by atoms with E-state index in [1.54, 1.807) is 0 Å². The highest BCUT2D eigenvalue weighted by atomic mass is 16.3. The number of furan rings is 2. The van der Waals surface area contributed by atoms with Crippen molar-refractivity contribution in [2.75, 3.05) is 0 Å². The molecule has 0 spiro atoms. The Morgan fingerprint density at radius 3 is 1.29 bits per heavy atom. The van der Waals surface area contributed by atoms with E-state index in [0.29, 0.717) is 0 Å². The molecule has 0 bridgehead atoms. The maximum atomic E-state index is 6.93. The third kappa shape index (κ3) is 7.46. The smallest absolute Gasteiger partial charge is 0.143 e. The van der Waals surface area contributed by atoms with Crippen LogP contribution in [-0.2, 0) is 0 Å². The first-order valence-electron chi connectivity index (χ1n) is 29.6. The van der Waals surface area contributed by atoms with E-state index in [9.17, 15) is 0 Å². The van der Waals surface area contributed by atoms with Gasteiger partial charge in [-0.3, -0.25) is 0 Å². The van der Waals surface area contributed by atoms with Crippen LogP contribution in [0.5, 0.6) is 0 Å². The molecule has 2 aromatic heterocycles. The predicted molar refractivity (Wildman–Crippen MR) is 364 cm³/mol. The minimum Gasteiger partial charge on any atom is -0.456 e. The van der Waals surface area contributed by atoms with Gasteiger partial charge in [0.25, 0.3) is 0 Å². The SMILES string of the molecule is c1ccc2cc(-c3ccc(-c4c5ccccc5c(-c5cccc6oc7ccccc7c56)c5ccc(-c6ccc7c(-c8ccc(-c9cccc%10ccccc9%10)cc8)c8ccccc8c(-c8cccc9c8oc8ccccc89)c7c6)cc45)cc3)ccc2c1. The predicted octanol–water partition coefficient (Wildman–Crippen LogP) is 24.1. The third-order valence-corrected chi connectivity index (χ3v) is 18.3. The van der Waals surface area contributed by atoms with Gasteiger partial charge >= 0.3 is 0 Å². The van der Waals surface area contributed by atoms with Crippen molar-refractivity contribution in [2.45, 2.75) is 0 Å². The van der Waals surface area contributed by atoms with Gasteiger partial charge in [-0.05, 0) is 168 Å². The van der Waals surface area contributed by atoms with E-state index in [4.69, 9.17) is 8.83 Å². The molecule has 86 heavy (non-hydrogen) atoms. The molecule has 0 radical (unpaired) electrons. The molecular weight excluding hydrogens is 1040 g/mol. The standard InChI is InChI=1S/C84H50O2/c1-2-18-57-48-58(43-36-51(57)16-1)52-34-39-56(40-35-52)80-65-23-6-7-24-66(65)81(72-29-15-33-78-83(72)71-26-10-12-32-77(71)85-78)69-47-45-59(49-74(69)80)60-44-46-68-75(50-60)82(73-30-14-28-70-63-21-9-11-31-76(63)86-84(70)73)67-25-8-5-22-64(67)79(68)55-41-37-54(38-42-55)62-27-13-19-53-17-3-4-20-61(53)62/h1-50H. The van der Waals surface area contributed by atoms with Crippen molar-refractivity contribution in [1.82, 2.24) is 0 Å². The summed E-state index contributed by atoms with van der Waals surface area (Å²) >= 11 is 0. The topological polar surface area (TPSA) is 26.3 Å². The van der Waals surface area contributed by atoms with E-state index in [1.807, 2.05) is 0 Å². The van der Waals surface area contributed by atoms with Gasteiger partial charge in [0.15, 0.2) is 0 Å². The first-order valence-corrected chi connectivity index (χ1v) is 29.6. The molecule has 0 saturated heterocycles. The summed E-state index contributed by atoms with van der Waals surface area (Å²) in [7, 11) is 0.